The van der Waals surface area contributed by atoms with E-state index in [1.807, 2.05) is 12.3 Å². The van der Waals surface area contributed by atoms with Gasteiger partial charge in [0.1, 0.15) is 11.6 Å². The second-order valence-corrected chi connectivity index (χ2v) is 4.48. The summed E-state index contributed by atoms with van der Waals surface area (Å²) in [4.78, 5) is 0. The van der Waals surface area contributed by atoms with Crippen LogP contribution in [-0.4, -0.2) is 6.61 Å². The topological polar surface area (TPSA) is 9.23 Å². The average Bonchev–Trinajstić information content (AvgIpc) is 2.63. The average molecular weight is 275 g/mol. The molecule has 0 spiro atoms. The van der Waals surface area contributed by atoms with Gasteiger partial charge in [0.25, 0.3) is 0 Å². The van der Waals surface area contributed by atoms with Crippen molar-refractivity contribution in [1.29, 1.82) is 0 Å². The van der Waals surface area contributed by atoms with E-state index in [9.17, 15) is 4.39 Å². The van der Waals surface area contributed by atoms with Gasteiger partial charge in [-0.05, 0) is 34.3 Å². The third-order valence-electron chi connectivity index (χ3n) is 1.90. The molecule has 0 aliphatic rings. The fourth-order valence-electron chi connectivity index (χ4n) is 1.30. The van der Waals surface area contributed by atoms with E-state index in [2.05, 4.69) is 15.9 Å². The maximum Gasteiger partial charge on any atom is 0.137 e. The molecular formula is C10H8BrFOS. The lowest BCUT2D eigenvalue weighted by Gasteiger charge is -2.06. The molecule has 0 bridgehead atoms. The molecule has 0 unspecified atom stereocenters. The number of halogens is 2. The normalized spacial score (nSPS) is 10.8. The second kappa shape index (κ2) is 3.87. The summed E-state index contributed by atoms with van der Waals surface area (Å²) in [6.07, 6.45) is 0. The lowest BCUT2D eigenvalue weighted by molar-refractivity contribution is 0.337. The van der Waals surface area contributed by atoms with Crippen LogP contribution >= 0.6 is 27.3 Å². The van der Waals surface area contributed by atoms with Crippen molar-refractivity contribution in [2.24, 2.45) is 0 Å². The highest BCUT2D eigenvalue weighted by atomic mass is 79.9. The van der Waals surface area contributed by atoms with Crippen molar-refractivity contribution in [2.45, 2.75) is 6.92 Å². The first-order valence-corrected chi connectivity index (χ1v) is 5.89. The third-order valence-corrected chi connectivity index (χ3v) is 3.88. The van der Waals surface area contributed by atoms with Crippen molar-refractivity contribution in [3.63, 3.8) is 0 Å². The van der Waals surface area contributed by atoms with Crippen LogP contribution in [0.2, 0.25) is 0 Å². The number of ether oxygens (including phenoxy) is 1. The molecule has 0 atom stereocenters. The molecule has 1 aromatic heterocycles. The van der Waals surface area contributed by atoms with Crippen LogP contribution in [0.4, 0.5) is 4.39 Å². The van der Waals surface area contributed by atoms with Gasteiger partial charge in [-0.15, -0.1) is 11.3 Å². The molecule has 0 N–H and O–H groups in total. The van der Waals surface area contributed by atoms with Crippen molar-refractivity contribution in [3.05, 3.63) is 27.8 Å². The molecule has 2 aromatic rings. The minimum absolute atomic E-state index is 0.229. The van der Waals surface area contributed by atoms with E-state index in [4.69, 9.17) is 4.74 Å². The summed E-state index contributed by atoms with van der Waals surface area (Å²) in [6, 6.07) is 3.19. The van der Waals surface area contributed by atoms with Crippen molar-refractivity contribution < 1.29 is 9.13 Å². The zero-order chi connectivity index (χ0) is 10.1. The predicted molar refractivity (Wildman–Crippen MR) is 60.7 cm³/mol. The summed E-state index contributed by atoms with van der Waals surface area (Å²) in [6.45, 7) is 2.41. The monoisotopic (exact) mass is 274 g/mol. The molecule has 0 saturated carbocycles. The first-order valence-electron chi connectivity index (χ1n) is 4.22. The van der Waals surface area contributed by atoms with E-state index in [1.165, 1.54) is 17.4 Å². The predicted octanol–water partition coefficient (Wildman–Crippen LogP) is 4.20. The van der Waals surface area contributed by atoms with Crippen molar-refractivity contribution >= 4 is 37.4 Å². The van der Waals surface area contributed by atoms with Gasteiger partial charge in [-0.3, -0.25) is 0 Å². The molecule has 1 nitrogen and oxygen atoms in total. The highest BCUT2D eigenvalue weighted by molar-refractivity contribution is 9.10. The highest BCUT2D eigenvalue weighted by Gasteiger charge is 2.11. The molecule has 0 aliphatic carbocycles. The lowest BCUT2D eigenvalue weighted by atomic mass is 10.2. The van der Waals surface area contributed by atoms with Crippen LogP contribution in [0.5, 0.6) is 5.75 Å². The standard InChI is InChI=1S/C10H8BrFOS/c1-2-13-8-5-7(12)6-3-4-14-10(6)9(8)11/h3-5H,2H2,1H3. The van der Waals surface area contributed by atoms with E-state index in [0.29, 0.717) is 17.7 Å². The zero-order valence-corrected chi connectivity index (χ0v) is 9.91. The Morgan fingerprint density at radius 1 is 1.57 bits per heavy atom. The van der Waals surface area contributed by atoms with Gasteiger partial charge in [0.05, 0.1) is 15.8 Å². The molecule has 0 radical (unpaired) electrons. The molecule has 2 rings (SSSR count). The second-order valence-electron chi connectivity index (χ2n) is 2.77. The fourth-order valence-corrected chi connectivity index (χ4v) is 2.86. The van der Waals surface area contributed by atoms with E-state index >= 15 is 0 Å². The van der Waals surface area contributed by atoms with E-state index in [0.717, 1.165) is 9.17 Å². The smallest absolute Gasteiger partial charge is 0.137 e. The molecule has 0 aliphatic heterocycles. The summed E-state index contributed by atoms with van der Waals surface area (Å²) in [7, 11) is 0. The molecule has 1 aromatic carbocycles. The van der Waals surface area contributed by atoms with Gasteiger partial charge >= 0.3 is 0 Å². The Labute approximate surface area is 93.6 Å². The summed E-state index contributed by atoms with van der Waals surface area (Å²) < 4.78 is 20.5. The zero-order valence-electron chi connectivity index (χ0n) is 7.51. The Kier molecular flexibility index (Phi) is 2.74. The van der Waals surface area contributed by atoms with Gasteiger partial charge < -0.3 is 4.74 Å². The summed E-state index contributed by atoms with van der Waals surface area (Å²) >= 11 is 4.92. The quantitative estimate of drug-likeness (QED) is 0.798. The Morgan fingerprint density at radius 3 is 3.07 bits per heavy atom. The minimum Gasteiger partial charge on any atom is -0.493 e. The fraction of sp³-hybridized carbons (Fsp3) is 0.200. The van der Waals surface area contributed by atoms with Crippen LogP contribution in [0.1, 0.15) is 6.92 Å². The molecule has 0 amide bonds. The highest BCUT2D eigenvalue weighted by Crippen LogP contribution is 2.38. The Hall–Kier alpha value is -0.610. The maximum atomic E-state index is 13.5. The Bertz CT molecular complexity index is 466. The first-order chi connectivity index (χ1) is 6.74. The number of thiophene rings is 1. The molecule has 1 heterocycles. The van der Waals surface area contributed by atoms with E-state index in [1.54, 1.807) is 6.07 Å². The summed E-state index contributed by atoms with van der Waals surface area (Å²) in [5.41, 5.74) is 0. The SMILES string of the molecule is CCOc1cc(F)c2ccsc2c1Br. The van der Waals surface area contributed by atoms with Gasteiger partial charge in [-0.25, -0.2) is 4.39 Å². The number of hydrogen-bond acceptors (Lipinski definition) is 2. The van der Waals surface area contributed by atoms with Gasteiger partial charge in [-0.1, -0.05) is 0 Å². The van der Waals surface area contributed by atoms with Gasteiger partial charge in [0.2, 0.25) is 0 Å². The molecule has 74 valence electrons. The number of rotatable bonds is 2. The molecule has 0 fully saturated rings. The lowest BCUT2D eigenvalue weighted by Crippen LogP contribution is -1.93. The van der Waals surface area contributed by atoms with E-state index in [-0.39, 0.29) is 5.82 Å². The molecule has 0 saturated heterocycles. The van der Waals surface area contributed by atoms with Crippen molar-refractivity contribution in [1.82, 2.24) is 0 Å². The van der Waals surface area contributed by atoms with Gasteiger partial charge in [0.15, 0.2) is 0 Å². The Balaban J connectivity index is 2.68. The number of fused-ring (bicyclic) bond motifs is 1. The van der Waals surface area contributed by atoms with Crippen molar-refractivity contribution in [3.8, 4) is 5.75 Å². The first kappa shape index (κ1) is 9.93. The Morgan fingerprint density at radius 2 is 2.36 bits per heavy atom. The molecule has 4 heteroatoms. The van der Waals surface area contributed by atoms with Gasteiger partial charge in [0, 0.05) is 11.5 Å². The van der Waals surface area contributed by atoms with Crippen LogP contribution < -0.4 is 4.74 Å². The summed E-state index contributed by atoms with van der Waals surface area (Å²) in [5.74, 6) is 0.341. The van der Waals surface area contributed by atoms with Gasteiger partial charge in [-0.2, -0.15) is 0 Å². The third kappa shape index (κ3) is 1.53. The molecular weight excluding hydrogens is 267 g/mol. The van der Waals surface area contributed by atoms with Crippen LogP contribution in [0.15, 0.2) is 22.0 Å². The minimum atomic E-state index is -0.229. The van der Waals surface area contributed by atoms with E-state index < -0.39 is 0 Å². The number of benzene rings is 1. The molecule has 14 heavy (non-hydrogen) atoms. The largest absolute Gasteiger partial charge is 0.493 e. The van der Waals surface area contributed by atoms with Crippen LogP contribution in [-0.2, 0) is 0 Å². The summed E-state index contributed by atoms with van der Waals surface area (Å²) in [5, 5.41) is 2.51. The van der Waals surface area contributed by atoms with Crippen LogP contribution in [0, 0.1) is 5.82 Å². The van der Waals surface area contributed by atoms with Crippen molar-refractivity contribution in [2.75, 3.05) is 6.61 Å². The van der Waals surface area contributed by atoms with Crippen LogP contribution in [0.3, 0.4) is 0 Å². The maximum absolute atomic E-state index is 13.5. The van der Waals surface area contributed by atoms with Crippen LogP contribution in [0.25, 0.3) is 10.1 Å². The number of hydrogen-bond donors (Lipinski definition) is 0.